The van der Waals surface area contributed by atoms with Crippen LogP contribution < -0.4 is 5.32 Å². The second-order valence-corrected chi connectivity index (χ2v) is 4.64. The van der Waals surface area contributed by atoms with Gasteiger partial charge in [-0.25, -0.2) is 0 Å². The predicted molar refractivity (Wildman–Crippen MR) is 60.6 cm³/mol. The van der Waals surface area contributed by atoms with Crippen LogP contribution in [0.2, 0.25) is 0 Å². The summed E-state index contributed by atoms with van der Waals surface area (Å²) in [7, 11) is 2.05. The summed E-state index contributed by atoms with van der Waals surface area (Å²) in [5, 5.41) is 3.31. The van der Waals surface area contributed by atoms with Gasteiger partial charge in [0.05, 0.1) is 6.61 Å². The molecule has 1 unspecified atom stereocenters. The third-order valence-electron chi connectivity index (χ3n) is 3.30. The summed E-state index contributed by atoms with van der Waals surface area (Å²) in [6, 6.07) is 0. The van der Waals surface area contributed by atoms with E-state index in [9.17, 15) is 0 Å². The topological polar surface area (TPSA) is 21.3 Å². The van der Waals surface area contributed by atoms with Crippen LogP contribution in [0.5, 0.6) is 0 Å². The summed E-state index contributed by atoms with van der Waals surface area (Å²) in [6.45, 7) is 5.33. The lowest BCUT2D eigenvalue weighted by Crippen LogP contribution is -2.33. The molecular formula is C12H25NO. The van der Waals surface area contributed by atoms with Crippen molar-refractivity contribution in [2.75, 3.05) is 26.8 Å². The van der Waals surface area contributed by atoms with Crippen molar-refractivity contribution in [1.82, 2.24) is 5.32 Å². The van der Waals surface area contributed by atoms with Gasteiger partial charge in [0.1, 0.15) is 0 Å². The molecule has 0 aromatic heterocycles. The molecule has 0 amide bonds. The molecule has 0 bridgehead atoms. The highest BCUT2D eigenvalue weighted by Crippen LogP contribution is 2.33. The Labute approximate surface area is 88.4 Å². The maximum absolute atomic E-state index is 5.53. The van der Waals surface area contributed by atoms with E-state index >= 15 is 0 Å². The normalized spacial score (nSPS) is 27.0. The molecule has 84 valence electrons. The van der Waals surface area contributed by atoms with Gasteiger partial charge in [-0.05, 0) is 19.9 Å². The Balaban J connectivity index is 2.21. The summed E-state index contributed by atoms with van der Waals surface area (Å²) >= 11 is 0. The zero-order valence-corrected chi connectivity index (χ0v) is 9.77. The molecule has 1 N–H and O–H groups in total. The molecule has 2 nitrogen and oxygen atoms in total. The molecule has 1 atom stereocenters. The Hall–Kier alpha value is -0.0800. The van der Waals surface area contributed by atoms with Gasteiger partial charge in [-0.3, -0.25) is 0 Å². The Morgan fingerprint density at radius 3 is 2.71 bits per heavy atom. The van der Waals surface area contributed by atoms with Gasteiger partial charge in [-0.1, -0.05) is 32.6 Å². The highest BCUT2D eigenvalue weighted by Gasteiger charge is 2.33. The Morgan fingerprint density at radius 2 is 2.14 bits per heavy atom. The first-order valence-electron chi connectivity index (χ1n) is 6.05. The van der Waals surface area contributed by atoms with Crippen LogP contribution in [-0.2, 0) is 4.74 Å². The quantitative estimate of drug-likeness (QED) is 0.636. The molecule has 0 aromatic rings. The molecule has 0 aliphatic carbocycles. The zero-order chi connectivity index (χ0) is 10.3. The lowest BCUT2D eigenvalue weighted by atomic mass is 9.82. The van der Waals surface area contributed by atoms with Crippen LogP contribution in [0.15, 0.2) is 0 Å². The van der Waals surface area contributed by atoms with Crippen molar-refractivity contribution in [3.63, 3.8) is 0 Å². The average molecular weight is 199 g/mol. The van der Waals surface area contributed by atoms with E-state index in [0.717, 1.165) is 19.8 Å². The van der Waals surface area contributed by atoms with Crippen LogP contribution in [-0.4, -0.2) is 26.8 Å². The van der Waals surface area contributed by atoms with Crippen molar-refractivity contribution in [3.8, 4) is 0 Å². The number of ether oxygens (including phenoxy) is 1. The first-order valence-corrected chi connectivity index (χ1v) is 6.05. The maximum atomic E-state index is 5.53. The van der Waals surface area contributed by atoms with E-state index in [1.165, 1.54) is 38.5 Å². The number of unbranched alkanes of at least 4 members (excludes halogenated alkanes) is 3. The van der Waals surface area contributed by atoms with Crippen LogP contribution in [0.3, 0.4) is 0 Å². The van der Waals surface area contributed by atoms with Gasteiger partial charge in [0.25, 0.3) is 0 Å². The fraction of sp³-hybridized carbons (Fsp3) is 1.00. The van der Waals surface area contributed by atoms with Crippen LogP contribution in [0, 0.1) is 5.41 Å². The van der Waals surface area contributed by atoms with E-state index in [1.807, 2.05) is 7.05 Å². The standard InChI is InChI=1S/C12H25NO/c1-3-4-5-6-7-12(10-13-2)8-9-14-11-12/h13H,3-11H2,1-2H3. The van der Waals surface area contributed by atoms with E-state index < -0.39 is 0 Å². The van der Waals surface area contributed by atoms with E-state index in [-0.39, 0.29) is 0 Å². The molecular weight excluding hydrogens is 174 g/mol. The lowest BCUT2D eigenvalue weighted by Gasteiger charge is -2.26. The van der Waals surface area contributed by atoms with Gasteiger partial charge in [-0.2, -0.15) is 0 Å². The molecule has 1 aliphatic heterocycles. The van der Waals surface area contributed by atoms with Gasteiger partial charge in [0.15, 0.2) is 0 Å². The van der Waals surface area contributed by atoms with E-state index in [4.69, 9.17) is 4.74 Å². The van der Waals surface area contributed by atoms with Crippen LogP contribution in [0.4, 0.5) is 0 Å². The summed E-state index contributed by atoms with van der Waals surface area (Å²) < 4.78 is 5.53. The smallest absolute Gasteiger partial charge is 0.0535 e. The molecule has 1 fully saturated rings. The molecule has 1 rings (SSSR count). The third-order valence-corrected chi connectivity index (χ3v) is 3.30. The Kier molecular flexibility index (Phi) is 5.49. The monoisotopic (exact) mass is 199 g/mol. The Morgan fingerprint density at radius 1 is 1.29 bits per heavy atom. The van der Waals surface area contributed by atoms with Crippen molar-refractivity contribution in [1.29, 1.82) is 0 Å². The molecule has 1 saturated heterocycles. The molecule has 0 spiro atoms. The van der Waals surface area contributed by atoms with Gasteiger partial charge in [-0.15, -0.1) is 0 Å². The van der Waals surface area contributed by atoms with Crippen LogP contribution in [0.1, 0.15) is 45.4 Å². The number of hydrogen-bond acceptors (Lipinski definition) is 2. The fourth-order valence-corrected chi connectivity index (χ4v) is 2.38. The van der Waals surface area contributed by atoms with Crippen LogP contribution in [0.25, 0.3) is 0 Å². The number of rotatable bonds is 7. The highest BCUT2D eigenvalue weighted by atomic mass is 16.5. The molecule has 2 heteroatoms. The van der Waals surface area contributed by atoms with Crippen molar-refractivity contribution < 1.29 is 4.74 Å². The van der Waals surface area contributed by atoms with Gasteiger partial charge < -0.3 is 10.1 Å². The number of nitrogens with one attached hydrogen (secondary N) is 1. The largest absolute Gasteiger partial charge is 0.381 e. The van der Waals surface area contributed by atoms with Crippen molar-refractivity contribution in [3.05, 3.63) is 0 Å². The predicted octanol–water partition coefficient (Wildman–Crippen LogP) is 2.58. The molecule has 0 radical (unpaired) electrons. The summed E-state index contributed by atoms with van der Waals surface area (Å²) in [6.07, 6.45) is 8.07. The fourth-order valence-electron chi connectivity index (χ4n) is 2.38. The first-order chi connectivity index (χ1) is 6.83. The summed E-state index contributed by atoms with van der Waals surface area (Å²) in [5.41, 5.74) is 0.461. The molecule has 1 aliphatic rings. The summed E-state index contributed by atoms with van der Waals surface area (Å²) in [4.78, 5) is 0. The highest BCUT2D eigenvalue weighted by molar-refractivity contribution is 4.84. The SMILES string of the molecule is CCCCCCC1(CNC)CCOC1. The molecule has 0 aromatic carbocycles. The van der Waals surface area contributed by atoms with Crippen molar-refractivity contribution in [2.45, 2.75) is 45.4 Å². The zero-order valence-electron chi connectivity index (χ0n) is 9.77. The van der Waals surface area contributed by atoms with E-state index in [1.54, 1.807) is 0 Å². The van der Waals surface area contributed by atoms with Crippen molar-refractivity contribution in [2.24, 2.45) is 5.41 Å². The third kappa shape index (κ3) is 3.58. The molecule has 14 heavy (non-hydrogen) atoms. The van der Waals surface area contributed by atoms with Gasteiger partial charge in [0, 0.05) is 18.6 Å². The maximum Gasteiger partial charge on any atom is 0.0535 e. The molecule has 1 heterocycles. The molecule has 0 saturated carbocycles. The van der Waals surface area contributed by atoms with Crippen LogP contribution >= 0.6 is 0 Å². The minimum absolute atomic E-state index is 0.461. The number of hydrogen-bond donors (Lipinski definition) is 1. The van der Waals surface area contributed by atoms with Gasteiger partial charge >= 0.3 is 0 Å². The minimum Gasteiger partial charge on any atom is -0.381 e. The van der Waals surface area contributed by atoms with E-state index in [2.05, 4.69) is 12.2 Å². The van der Waals surface area contributed by atoms with Gasteiger partial charge in [0.2, 0.25) is 0 Å². The summed E-state index contributed by atoms with van der Waals surface area (Å²) in [5.74, 6) is 0. The first kappa shape index (κ1) is 12.0. The minimum atomic E-state index is 0.461. The second kappa shape index (κ2) is 6.41. The average Bonchev–Trinajstić information content (AvgIpc) is 2.63. The lowest BCUT2D eigenvalue weighted by molar-refractivity contribution is 0.143. The van der Waals surface area contributed by atoms with E-state index in [0.29, 0.717) is 5.41 Å². The van der Waals surface area contributed by atoms with Crippen molar-refractivity contribution >= 4 is 0 Å². The Bertz CT molecular complexity index is 141. The second-order valence-electron chi connectivity index (χ2n) is 4.64.